The lowest BCUT2D eigenvalue weighted by Gasteiger charge is -2.02. The van der Waals surface area contributed by atoms with Crippen LogP contribution in [0.5, 0.6) is 0 Å². The average molecular weight is 418 g/mol. The van der Waals surface area contributed by atoms with Crippen molar-refractivity contribution in [1.82, 2.24) is 15.6 Å². The number of carbonyl (C=O) groups is 1. The van der Waals surface area contributed by atoms with Gasteiger partial charge in [0, 0.05) is 10.0 Å². The highest BCUT2D eigenvalue weighted by atomic mass is 79.9. The monoisotopic (exact) mass is 416 g/mol. The molecule has 0 aliphatic heterocycles. The highest BCUT2D eigenvalue weighted by Crippen LogP contribution is 2.26. The second-order valence-corrected chi connectivity index (χ2v) is 6.61. The van der Waals surface area contributed by atoms with Crippen LogP contribution in [0.3, 0.4) is 0 Å². The lowest BCUT2D eigenvalue weighted by molar-refractivity contribution is 0.0950. The van der Waals surface area contributed by atoms with E-state index in [9.17, 15) is 4.79 Å². The predicted octanol–water partition coefficient (Wildman–Crippen LogP) is 4.65. The number of hydrogen-bond acceptors (Lipinski definition) is 3. The highest BCUT2D eigenvalue weighted by Gasteiger charge is 2.12. The number of carbonyl (C=O) groups excluding carboxylic acids is 1. The van der Waals surface area contributed by atoms with Crippen molar-refractivity contribution < 1.29 is 4.79 Å². The molecule has 0 saturated carbocycles. The number of aromatic amines is 1. The molecule has 126 valence electrons. The summed E-state index contributed by atoms with van der Waals surface area (Å²) in [5.41, 5.74) is 5.81. The first-order valence-corrected chi connectivity index (χ1v) is 8.62. The maximum absolute atomic E-state index is 12.2. The molecule has 0 saturated heterocycles. The van der Waals surface area contributed by atoms with Crippen LogP contribution in [0.15, 0.2) is 64.2 Å². The van der Waals surface area contributed by atoms with Gasteiger partial charge < -0.3 is 0 Å². The fourth-order valence-electron chi connectivity index (χ4n) is 2.20. The molecule has 1 amide bonds. The van der Waals surface area contributed by atoms with Gasteiger partial charge in [-0.3, -0.25) is 9.89 Å². The quantitative estimate of drug-likeness (QED) is 0.479. The summed E-state index contributed by atoms with van der Waals surface area (Å²) in [6.07, 6.45) is 0. The minimum atomic E-state index is -0.373. The van der Waals surface area contributed by atoms with Gasteiger partial charge in [0.1, 0.15) is 5.69 Å². The second-order valence-electron chi connectivity index (χ2n) is 5.29. The number of halogens is 2. The Morgan fingerprint density at radius 3 is 2.64 bits per heavy atom. The van der Waals surface area contributed by atoms with Crippen LogP contribution in [-0.4, -0.2) is 21.8 Å². The number of nitrogens with zero attached hydrogens (tertiary/aromatic N) is 2. The Morgan fingerprint density at radius 1 is 1.20 bits per heavy atom. The van der Waals surface area contributed by atoms with E-state index in [1.807, 2.05) is 49.4 Å². The molecule has 0 radical (unpaired) electrons. The lowest BCUT2D eigenvalue weighted by Crippen LogP contribution is -2.19. The summed E-state index contributed by atoms with van der Waals surface area (Å²) in [4.78, 5) is 12.2. The van der Waals surface area contributed by atoms with Gasteiger partial charge in [0.05, 0.1) is 16.4 Å². The van der Waals surface area contributed by atoms with E-state index >= 15 is 0 Å². The Morgan fingerprint density at radius 2 is 1.92 bits per heavy atom. The summed E-state index contributed by atoms with van der Waals surface area (Å²) in [6, 6.07) is 16.6. The summed E-state index contributed by atoms with van der Waals surface area (Å²) < 4.78 is 0.984. The Bertz CT molecular complexity index is 934. The number of hydrazone groups is 1. The molecule has 25 heavy (non-hydrogen) atoms. The van der Waals surface area contributed by atoms with Crippen molar-refractivity contribution in [3.05, 3.63) is 75.4 Å². The first-order valence-electron chi connectivity index (χ1n) is 7.45. The van der Waals surface area contributed by atoms with E-state index in [2.05, 4.69) is 36.7 Å². The molecule has 2 aromatic carbocycles. The van der Waals surface area contributed by atoms with E-state index in [1.54, 1.807) is 12.1 Å². The largest absolute Gasteiger partial charge is 0.289 e. The van der Waals surface area contributed by atoms with Crippen molar-refractivity contribution in [2.75, 3.05) is 0 Å². The van der Waals surface area contributed by atoms with E-state index in [0.29, 0.717) is 22.1 Å². The van der Waals surface area contributed by atoms with Crippen LogP contribution in [0.2, 0.25) is 5.02 Å². The number of hydrogen-bond donors (Lipinski definition) is 2. The van der Waals surface area contributed by atoms with Crippen LogP contribution >= 0.6 is 27.5 Å². The first-order chi connectivity index (χ1) is 12.0. The fourth-order valence-corrected chi connectivity index (χ4v) is 2.69. The van der Waals surface area contributed by atoms with Gasteiger partial charge in [0.15, 0.2) is 0 Å². The number of aromatic nitrogens is 2. The van der Waals surface area contributed by atoms with Gasteiger partial charge in [-0.05, 0) is 36.8 Å². The Balaban J connectivity index is 1.73. The highest BCUT2D eigenvalue weighted by molar-refractivity contribution is 9.10. The van der Waals surface area contributed by atoms with Crippen molar-refractivity contribution >= 4 is 39.1 Å². The molecule has 2 N–H and O–H groups in total. The molecule has 0 atom stereocenters. The first kappa shape index (κ1) is 17.4. The Kier molecular flexibility index (Phi) is 5.31. The van der Waals surface area contributed by atoms with Gasteiger partial charge in [0.2, 0.25) is 0 Å². The van der Waals surface area contributed by atoms with Gasteiger partial charge in [-0.1, -0.05) is 57.9 Å². The fraction of sp³-hybridized carbons (Fsp3) is 0.0556. The molecule has 0 fully saturated rings. The van der Waals surface area contributed by atoms with Crippen molar-refractivity contribution in [3.8, 4) is 11.3 Å². The molecule has 0 aliphatic rings. The number of H-pyrrole nitrogens is 1. The smallest absolute Gasteiger partial charge is 0.272 e. The molecule has 1 heterocycles. The zero-order chi connectivity index (χ0) is 17.8. The minimum absolute atomic E-state index is 0.308. The number of amides is 1. The van der Waals surface area contributed by atoms with Crippen LogP contribution in [0.1, 0.15) is 23.0 Å². The second kappa shape index (κ2) is 7.63. The van der Waals surface area contributed by atoms with E-state index in [4.69, 9.17) is 11.6 Å². The molecule has 7 heteroatoms. The molecule has 0 spiro atoms. The van der Waals surface area contributed by atoms with Crippen molar-refractivity contribution in [1.29, 1.82) is 0 Å². The molecule has 5 nitrogen and oxygen atoms in total. The number of benzene rings is 2. The van der Waals surface area contributed by atoms with Gasteiger partial charge in [-0.15, -0.1) is 0 Å². The zero-order valence-electron chi connectivity index (χ0n) is 13.3. The third-order valence-corrected chi connectivity index (χ3v) is 4.42. The lowest BCUT2D eigenvalue weighted by atomic mass is 10.1. The van der Waals surface area contributed by atoms with Gasteiger partial charge >= 0.3 is 0 Å². The summed E-state index contributed by atoms with van der Waals surface area (Å²) >= 11 is 9.53. The Labute approximate surface area is 158 Å². The van der Waals surface area contributed by atoms with Crippen molar-refractivity contribution in [2.45, 2.75) is 6.92 Å². The van der Waals surface area contributed by atoms with Gasteiger partial charge in [0.25, 0.3) is 5.91 Å². The predicted molar refractivity (Wildman–Crippen MR) is 103 cm³/mol. The third kappa shape index (κ3) is 4.15. The SMILES string of the molecule is C/C(=N\NC(=O)c1cc(-c2ccccc2Cl)n[nH]1)c1ccc(Br)cc1. The molecular weight excluding hydrogens is 404 g/mol. The zero-order valence-corrected chi connectivity index (χ0v) is 15.6. The van der Waals surface area contributed by atoms with Gasteiger partial charge in [-0.2, -0.15) is 10.2 Å². The standard InChI is InChI=1S/C18H14BrClN4O/c1-11(12-6-8-13(19)9-7-12)21-24-18(25)17-10-16(22-23-17)14-4-2-3-5-15(14)20/h2-10H,1H3,(H,22,23)(H,24,25)/b21-11+. The molecule has 0 unspecified atom stereocenters. The van der Waals surface area contributed by atoms with Crippen LogP contribution in [0.25, 0.3) is 11.3 Å². The average Bonchev–Trinajstić information content (AvgIpc) is 3.10. The topological polar surface area (TPSA) is 70.1 Å². The number of rotatable bonds is 4. The van der Waals surface area contributed by atoms with Crippen molar-refractivity contribution in [2.24, 2.45) is 5.10 Å². The normalized spacial score (nSPS) is 11.4. The van der Waals surface area contributed by atoms with E-state index in [-0.39, 0.29) is 5.91 Å². The van der Waals surface area contributed by atoms with Crippen LogP contribution < -0.4 is 5.43 Å². The molecular formula is C18H14BrClN4O. The summed E-state index contributed by atoms with van der Waals surface area (Å²) in [5, 5.41) is 11.5. The minimum Gasteiger partial charge on any atom is -0.272 e. The van der Waals surface area contributed by atoms with Crippen LogP contribution in [0.4, 0.5) is 0 Å². The molecule has 0 aliphatic carbocycles. The van der Waals surface area contributed by atoms with E-state index in [0.717, 1.165) is 15.6 Å². The molecule has 0 bridgehead atoms. The van der Waals surface area contributed by atoms with Crippen molar-refractivity contribution in [3.63, 3.8) is 0 Å². The van der Waals surface area contributed by atoms with E-state index in [1.165, 1.54) is 0 Å². The number of nitrogens with one attached hydrogen (secondary N) is 2. The van der Waals surface area contributed by atoms with Crippen LogP contribution in [0, 0.1) is 0 Å². The Hall–Kier alpha value is -2.44. The molecule has 3 aromatic rings. The summed E-state index contributed by atoms with van der Waals surface area (Å²) in [6.45, 7) is 1.83. The van der Waals surface area contributed by atoms with Crippen LogP contribution in [-0.2, 0) is 0 Å². The summed E-state index contributed by atoms with van der Waals surface area (Å²) in [5.74, 6) is -0.373. The third-order valence-electron chi connectivity index (χ3n) is 3.56. The van der Waals surface area contributed by atoms with Gasteiger partial charge in [-0.25, -0.2) is 5.43 Å². The molecule has 3 rings (SSSR count). The molecule has 1 aromatic heterocycles. The summed E-state index contributed by atoms with van der Waals surface area (Å²) in [7, 11) is 0. The van der Waals surface area contributed by atoms with E-state index < -0.39 is 0 Å². The maximum atomic E-state index is 12.2. The maximum Gasteiger partial charge on any atom is 0.289 e.